The Hall–Kier alpha value is -3.51. The van der Waals surface area contributed by atoms with Gasteiger partial charge >= 0.3 is 0 Å². The molecule has 154 valence electrons. The summed E-state index contributed by atoms with van der Waals surface area (Å²) < 4.78 is 33.1. The third-order valence-electron chi connectivity index (χ3n) is 4.10. The maximum absolute atomic E-state index is 13.3. The highest BCUT2D eigenvalue weighted by Crippen LogP contribution is 2.18. The van der Waals surface area contributed by atoms with Crippen LogP contribution in [0, 0.1) is 29.9 Å². The molecule has 1 N–H and O–H groups in total. The van der Waals surface area contributed by atoms with E-state index in [2.05, 4.69) is 15.4 Å². The highest BCUT2D eigenvalue weighted by atomic mass is 35.5. The number of amides is 1. The van der Waals surface area contributed by atoms with Crippen LogP contribution >= 0.6 is 11.6 Å². The minimum atomic E-state index is -1.47. The molecule has 0 bridgehead atoms. The summed E-state index contributed by atoms with van der Waals surface area (Å²) in [5.74, 6) is -2.45. The monoisotopic (exact) mass is 431 g/mol. The van der Waals surface area contributed by atoms with E-state index >= 15 is 0 Å². The SMILES string of the molecule is Cc1nc(C(=O)NC(C)(C#N)COc2ccc(F)c(F)c2)nn1-c1ccc(Cl)cc1. The Labute approximate surface area is 175 Å². The molecule has 1 unspecified atom stereocenters. The van der Waals surface area contributed by atoms with E-state index in [-0.39, 0.29) is 18.2 Å². The van der Waals surface area contributed by atoms with Gasteiger partial charge in [-0.2, -0.15) is 5.26 Å². The molecule has 7 nitrogen and oxygen atoms in total. The summed E-state index contributed by atoms with van der Waals surface area (Å²) in [6.45, 7) is 2.79. The van der Waals surface area contributed by atoms with E-state index in [1.165, 1.54) is 17.7 Å². The molecule has 0 fully saturated rings. The van der Waals surface area contributed by atoms with E-state index in [4.69, 9.17) is 16.3 Å². The van der Waals surface area contributed by atoms with Gasteiger partial charge in [0.15, 0.2) is 17.2 Å². The van der Waals surface area contributed by atoms with Crippen molar-refractivity contribution < 1.29 is 18.3 Å². The van der Waals surface area contributed by atoms with Gasteiger partial charge in [0.25, 0.3) is 5.91 Å². The zero-order valence-corrected chi connectivity index (χ0v) is 16.7. The zero-order valence-electron chi connectivity index (χ0n) is 16.0. The molecule has 2 aromatic carbocycles. The zero-order chi connectivity index (χ0) is 21.9. The normalized spacial score (nSPS) is 12.7. The third kappa shape index (κ3) is 4.72. The van der Waals surface area contributed by atoms with E-state index < -0.39 is 23.1 Å². The van der Waals surface area contributed by atoms with Crippen LogP contribution < -0.4 is 10.1 Å². The maximum Gasteiger partial charge on any atom is 0.292 e. The highest BCUT2D eigenvalue weighted by molar-refractivity contribution is 6.30. The first kappa shape index (κ1) is 21.2. The topological polar surface area (TPSA) is 92.8 Å². The summed E-state index contributed by atoms with van der Waals surface area (Å²) in [6.07, 6.45) is 0. The molecule has 10 heteroatoms. The molecule has 0 saturated heterocycles. The predicted molar refractivity (Wildman–Crippen MR) is 104 cm³/mol. The lowest BCUT2D eigenvalue weighted by Gasteiger charge is -2.22. The number of aromatic nitrogens is 3. The van der Waals surface area contributed by atoms with Gasteiger partial charge in [-0.1, -0.05) is 11.6 Å². The molecule has 1 atom stereocenters. The Bertz CT molecular complexity index is 1130. The summed E-state index contributed by atoms with van der Waals surface area (Å²) >= 11 is 5.88. The van der Waals surface area contributed by atoms with Gasteiger partial charge in [-0.25, -0.2) is 18.4 Å². The molecule has 0 spiro atoms. The van der Waals surface area contributed by atoms with Crippen molar-refractivity contribution in [2.24, 2.45) is 0 Å². The van der Waals surface area contributed by atoms with Crippen molar-refractivity contribution in [3.8, 4) is 17.5 Å². The van der Waals surface area contributed by atoms with Crippen LogP contribution in [0.1, 0.15) is 23.4 Å². The molecule has 0 aliphatic rings. The molecular weight excluding hydrogens is 416 g/mol. The molecule has 0 aliphatic heterocycles. The minimum Gasteiger partial charge on any atom is -0.490 e. The molecule has 0 aliphatic carbocycles. The first-order valence-corrected chi connectivity index (χ1v) is 9.10. The molecule has 0 saturated carbocycles. The van der Waals surface area contributed by atoms with Gasteiger partial charge < -0.3 is 10.1 Å². The first-order chi connectivity index (χ1) is 14.2. The van der Waals surface area contributed by atoms with Gasteiger partial charge in [0.2, 0.25) is 5.82 Å². The van der Waals surface area contributed by atoms with Gasteiger partial charge in [-0.3, -0.25) is 4.79 Å². The van der Waals surface area contributed by atoms with E-state index in [0.717, 1.165) is 12.1 Å². The largest absolute Gasteiger partial charge is 0.490 e. The standard InChI is InChI=1S/C20H16ClF2N5O2/c1-12-25-18(27-28(12)14-5-3-13(21)4-6-14)19(29)26-20(2,10-24)11-30-15-7-8-16(22)17(23)9-15/h3-9H,11H2,1-2H3,(H,26,29). The second kappa shape index (κ2) is 8.47. The second-order valence-corrected chi connectivity index (χ2v) is 7.07. The Balaban J connectivity index is 1.73. The average molecular weight is 432 g/mol. The average Bonchev–Trinajstić information content (AvgIpc) is 3.11. The Kier molecular flexibility index (Phi) is 5.99. The number of ether oxygens (including phenoxy) is 1. The molecule has 1 amide bonds. The number of nitrogens with one attached hydrogen (secondary N) is 1. The molecule has 1 aromatic heterocycles. The van der Waals surface area contributed by atoms with Crippen LogP contribution in [-0.2, 0) is 0 Å². The smallest absolute Gasteiger partial charge is 0.292 e. The fourth-order valence-corrected chi connectivity index (χ4v) is 2.64. The maximum atomic E-state index is 13.3. The summed E-state index contributed by atoms with van der Waals surface area (Å²) in [5.41, 5.74) is -0.810. The van der Waals surface area contributed by atoms with Crippen LogP contribution in [0.4, 0.5) is 8.78 Å². The number of carbonyl (C=O) groups excluding carboxylic acids is 1. The number of hydrogen-bond acceptors (Lipinski definition) is 5. The summed E-state index contributed by atoms with van der Waals surface area (Å²) in [4.78, 5) is 16.7. The Morgan fingerprint density at radius 3 is 2.60 bits per heavy atom. The summed E-state index contributed by atoms with van der Waals surface area (Å²) in [7, 11) is 0. The van der Waals surface area contributed by atoms with Crippen LogP contribution in [0.5, 0.6) is 5.75 Å². The van der Waals surface area contributed by atoms with Crippen molar-refractivity contribution in [2.75, 3.05) is 6.61 Å². The Morgan fingerprint density at radius 2 is 1.97 bits per heavy atom. The quantitative estimate of drug-likeness (QED) is 0.643. The number of benzene rings is 2. The number of halogens is 3. The van der Waals surface area contributed by atoms with Crippen molar-refractivity contribution in [2.45, 2.75) is 19.4 Å². The minimum absolute atomic E-state index is 0.0191. The molecule has 3 aromatic rings. The fourth-order valence-electron chi connectivity index (χ4n) is 2.51. The van der Waals surface area contributed by atoms with Crippen LogP contribution in [0.15, 0.2) is 42.5 Å². The fraction of sp³-hybridized carbons (Fsp3) is 0.200. The van der Waals surface area contributed by atoms with Gasteiger partial charge in [0.05, 0.1) is 11.8 Å². The van der Waals surface area contributed by atoms with E-state index in [0.29, 0.717) is 16.5 Å². The molecular formula is C20H16ClF2N5O2. The number of rotatable bonds is 6. The third-order valence-corrected chi connectivity index (χ3v) is 4.35. The van der Waals surface area contributed by atoms with Crippen molar-refractivity contribution in [1.29, 1.82) is 5.26 Å². The molecule has 1 heterocycles. The lowest BCUT2D eigenvalue weighted by Crippen LogP contribution is -2.49. The number of nitrogens with zero attached hydrogens (tertiary/aromatic N) is 4. The van der Waals surface area contributed by atoms with Crippen molar-refractivity contribution >= 4 is 17.5 Å². The number of nitriles is 1. The number of aryl methyl sites for hydroxylation is 1. The van der Waals surface area contributed by atoms with Crippen LogP contribution in [-0.4, -0.2) is 32.8 Å². The van der Waals surface area contributed by atoms with E-state index in [1.807, 2.05) is 6.07 Å². The number of carbonyl (C=O) groups is 1. The lowest BCUT2D eigenvalue weighted by molar-refractivity contribution is 0.0890. The van der Waals surface area contributed by atoms with Gasteiger partial charge in [0, 0.05) is 11.1 Å². The first-order valence-electron chi connectivity index (χ1n) is 8.72. The van der Waals surface area contributed by atoms with Crippen LogP contribution in [0.25, 0.3) is 5.69 Å². The summed E-state index contributed by atoms with van der Waals surface area (Å²) in [5, 5.41) is 16.7. The predicted octanol–water partition coefficient (Wildman–Crippen LogP) is 3.60. The summed E-state index contributed by atoms with van der Waals surface area (Å²) in [6, 6.07) is 11.7. The lowest BCUT2D eigenvalue weighted by atomic mass is 10.1. The number of hydrogen-bond donors (Lipinski definition) is 1. The van der Waals surface area contributed by atoms with E-state index in [9.17, 15) is 18.8 Å². The second-order valence-electron chi connectivity index (χ2n) is 6.63. The molecule has 30 heavy (non-hydrogen) atoms. The van der Waals surface area contributed by atoms with Crippen molar-refractivity contribution in [3.05, 3.63) is 70.8 Å². The van der Waals surface area contributed by atoms with Crippen molar-refractivity contribution in [3.63, 3.8) is 0 Å². The van der Waals surface area contributed by atoms with Crippen LogP contribution in [0.3, 0.4) is 0 Å². The van der Waals surface area contributed by atoms with E-state index in [1.54, 1.807) is 31.2 Å². The van der Waals surface area contributed by atoms with Gasteiger partial charge in [-0.05, 0) is 50.2 Å². The van der Waals surface area contributed by atoms with Crippen molar-refractivity contribution in [1.82, 2.24) is 20.1 Å². The van der Waals surface area contributed by atoms with Gasteiger partial charge in [0.1, 0.15) is 18.2 Å². The molecule has 0 radical (unpaired) electrons. The van der Waals surface area contributed by atoms with Gasteiger partial charge in [-0.15, -0.1) is 5.10 Å². The highest BCUT2D eigenvalue weighted by Gasteiger charge is 2.30. The van der Waals surface area contributed by atoms with Crippen LogP contribution in [0.2, 0.25) is 5.02 Å². The Morgan fingerprint density at radius 1 is 1.27 bits per heavy atom. The molecule has 3 rings (SSSR count).